The fraction of sp³-hybridized carbons (Fsp3) is 0.200. The fourth-order valence-electron chi connectivity index (χ4n) is 3.57. The molecule has 3 aromatic heterocycles. The number of aryl methyl sites for hydroxylation is 1. The molecule has 1 aromatic carbocycles. The van der Waals surface area contributed by atoms with Crippen LogP contribution in [0, 0.1) is 6.92 Å². The van der Waals surface area contributed by atoms with Crippen LogP contribution in [0.2, 0.25) is 5.15 Å². The fourth-order valence-corrected chi connectivity index (χ4v) is 3.82. The van der Waals surface area contributed by atoms with Gasteiger partial charge in [-0.15, -0.1) is 0 Å². The SMILES string of the molecule is COCc1nccc(C(C)NC(=O)c2nc(-c3cc(C)nc(Cl)c3)c(-c3ccccc3)nc2N)n1. The summed E-state index contributed by atoms with van der Waals surface area (Å²) in [6, 6.07) is 14.3. The Bertz CT molecular complexity index is 1350. The lowest BCUT2D eigenvalue weighted by molar-refractivity contribution is 0.0934. The second-order valence-corrected chi connectivity index (χ2v) is 8.25. The number of carbonyl (C=O) groups excluding carboxylic acids is 1. The van der Waals surface area contributed by atoms with Crippen LogP contribution in [-0.4, -0.2) is 37.9 Å². The van der Waals surface area contributed by atoms with Crippen LogP contribution in [0.3, 0.4) is 0 Å². The number of anilines is 1. The molecule has 1 unspecified atom stereocenters. The molecule has 0 bridgehead atoms. The molecule has 4 aromatic rings. The van der Waals surface area contributed by atoms with Gasteiger partial charge in [-0.25, -0.2) is 24.9 Å². The van der Waals surface area contributed by atoms with Crippen LogP contribution < -0.4 is 11.1 Å². The van der Waals surface area contributed by atoms with Crippen molar-refractivity contribution < 1.29 is 9.53 Å². The number of hydrogen-bond acceptors (Lipinski definition) is 8. The van der Waals surface area contributed by atoms with Crippen molar-refractivity contribution in [3.8, 4) is 22.5 Å². The summed E-state index contributed by atoms with van der Waals surface area (Å²) in [7, 11) is 1.57. The van der Waals surface area contributed by atoms with Crippen LogP contribution in [0.5, 0.6) is 0 Å². The van der Waals surface area contributed by atoms with Crippen LogP contribution in [0.15, 0.2) is 54.7 Å². The molecule has 4 rings (SSSR count). The number of ether oxygens (including phenoxy) is 1. The predicted octanol–water partition coefficient (Wildman–Crippen LogP) is 4.18. The van der Waals surface area contributed by atoms with Gasteiger partial charge in [0.25, 0.3) is 5.91 Å². The summed E-state index contributed by atoms with van der Waals surface area (Å²) in [6.45, 7) is 3.91. The molecule has 1 atom stereocenters. The maximum atomic E-state index is 13.2. The molecule has 0 saturated heterocycles. The summed E-state index contributed by atoms with van der Waals surface area (Å²) in [4.78, 5) is 35.3. The largest absolute Gasteiger partial charge is 0.382 e. The van der Waals surface area contributed by atoms with Crippen LogP contribution >= 0.6 is 11.6 Å². The van der Waals surface area contributed by atoms with Crippen LogP contribution in [-0.2, 0) is 11.3 Å². The Hall–Kier alpha value is -3.95. The Morgan fingerprint density at radius 2 is 1.80 bits per heavy atom. The van der Waals surface area contributed by atoms with Crippen molar-refractivity contribution in [1.82, 2.24) is 30.2 Å². The van der Waals surface area contributed by atoms with Crippen molar-refractivity contribution in [2.24, 2.45) is 0 Å². The summed E-state index contributed by atoms with van der Waals surface area (Å²) in [5.41, 5.74) is 10.1. The molecule has 10 heteroatoms. The van der Waals surface area contributed by atoms with Gasteiger partial charge in [-0.05, 0) is 32.0 Å². The zero-order chi connectivity index (χ0) is 24.9. The first kappa shape index (κ1) is 24.2. The number of hydrogen-bond donors (Lipinski definition) is 2. The molecular formula is C25H24ClN7O2. The van der Waals surface area contributed by atoms with Crippen LogP contribution in [0.4, 0.5) is 5.82 Å². The van der Waals surface area contributed by atoms with Gasteiger partial charge in [0.15, 0.2) is 17.3 Å². The van der Waals surface area contributed by atoms with Gasteiger partial charge >= 0.3 is 0 Å². The molecule has 178 valence electrons. The highest BCUT2D eigenvalue weighted by Crippen LogP contribution is 2.32. The van der Waals surface area contributed by atoms with Gasteiger partial charge in [-0.1, -0.05) is 41.9 Å². The average molecular weight is 490 g/mol. The Morgan fingerprint density at radius 3 is 2.51 bits per heavy atom. The number of nitrogens with zero attached hydrogens (tertiary/aromatic N) is 5. The zero-order valence-electron chi connectivity index (χ0n) is 19.5. The van der Waals surface area contributed by atoms with E-state index in [1.54, 1.807) is 25.4 Å². The van der Waals surface area contributed by atoms with E-state index in [2.05, 4.69) is 30.2 Å². The summed E-state index contributed by atoms with van der Waals surface area (Å²) in [6.07, 6.45) is 1.62. The van der Waals surface area contributed by atoms with E-state index in [0.717, 1.165) is 5.56 Å². The molecule has 0 radical (unpaired) electrons. The molecule has 0 aliphatic carbocycles. The molecule has 3 N–H and O–H groups in total. The van der Waals surface area contributed by atoms with E-state index in [9.17, 15) is 4.79 Å². The molecule has 0 aliphatic rings. The highest BCUT2D eigenvalue weighted by atomic mass is 35.5. The zero-order valence-corrected chi connectivity index (χ0v) is 20.2. The Balaban J connectivity index is 1.74. The number of aromatic nitrogens is 5. The van der Waals surface area contributed by atoms with Crippen molar-refractivity contribution in [3.05, 3.63) is 82.8 Å². The second-order valence-electron chi connectivity index (χ2n) is 7.87. The van der Waals surface area contributed by atoms with E-state index in [4.69, 9.17) is 22.1 Å². The van der Waals surface area contributed by atoms with Gasteiger partial charge in [-0.3, -0.25) is 4.79 Å². The topological polar surface area (TPSA) is 129 Å². The number of rotatable bonds is 7. The van der Waals surface area contributed by atoms with Gasteiger partial charge in [0.05, 0.1) is 23.1 Å². The van der Waals surface area contributed by atoms with E-state index >= 15 is 0 Å². The van der Waals surface area contributed by atoms with Crippen molar-refractivity contribution >= 4 is 23.3 Å². The third-order valence-corrected chi connectivity index (χ3v) is 5.37. The van der Waals surface area contributed by atoms with Crippen molar-refractivity contribution in [2.75, 3.05) is 12.8 Å². The summed E-state index contributed by atoms with van der Waals surface area (Å²) in [5.74, 6) is 0.0499. The van der Waals surface area contributed by atoms with Crippen molar-refractivity contribution in [2.45, 2.75) is 26.5 Å². The van der Waals surface area contributed by atoms with Crippen LogP contribution in [0.25, 0.3) is 22.5 Å². The maximum Gasteiger partial charge on any atom is 0.274 e. The molecule has 3 heterocycles. The number of halogens is 1. The lowest BCUT2D eigenvalue weighted by Crippen LogP contribution is -2.29. The first-order valence-electron chi connectivity index (χ1n) is 10.8. The van der Waals surface area contributed by atoms with Gasteiger partial charge in [0.1, 0.15) is 11.8 Å². The van der Waals surface area contributed by atoms with E-state index in [1.807, 2.05) is 50.2 Å². The van der Waals surface area contributed by atoms with Crippen molar-refractivity contribution in [1.29, 1.82) is 0 Å². The number of nitrogens with two attached hydrogens (primary N) is 1. The molecule has 9 nitrogen and oxygen atoms in total. The molecule has 0 aliphatic heterocycles. The lowest BCUT2D eigenvalue weighted by atomic mass is 10.0. The molecule has 35 heavy (non-hydrogen) atoms. The van der Waals surface area contributed by atoms with E-state index in [1.165, 1.54) is 0 Å². The molecule has 0 fully saturated rings. The number of pyridine rings is 1. The Morgan fingerprint density at radius 1 is 1.06 bits per heavy atom. The normalized spacial score (nSPS) is 11.8. The number of carbonyl (C=O) groups is 1. The molecule has 0 spiro atoms. The quantitative estimate of drug-likeness (QED) is 0.370. The first-order valence-corrected chi connectivity index (χ1v) is 11.2. The summed E-state index contributed by atoms with van der Waals surface area (Å²) < 4.78 is 5.09. The minimum Gasteiger partial charge on any atom is -0.382 e. The first-order chi connectivity index (χ1) is 16.9. The molecule has 1 amide bonds. The number of nitrogens with one attached hydrogen (secondary N) is 1. The van der Waals surface area contributed by atoms with Gasteiger partial charge < -0.3 is 15.8 Å². The Kier molecular flexibility index (Phi) is 7.28. The number of amides is 1. The number of benzene rings is 1. The maximum absolute atomic E-state index is 13.2. The summed E-state index contributed by atoms with van der Waals surface area (Å²) >= 11 is 6.22. The highest BCUT2D eigenvalue weighted by Gasteiger charge is 2.22. The number of nitrogen functional groups attached to an aromatic ring is 1. The standard InChI is InChI=1S/C25H24ClN7O2/c1-14-11-17(12-19(26)29-14)22-21(16-7-5-4-6-8-16)33-24(27)23(32-22)25(34)30-15(2)18-9-10-28-20(31-18)13-35-3/h4-12,15H,13H2,1-3H3,(H2,27,33)(H,30,34). The van der Waals surface area contributed by atoms with E-state index < -0.39 is 11.9 Å². The third kappa shape index (κ3) is 5.59. The van der Waals surface area contributed by atoms with Gasteiger partial charge in [-0.2, -0.15) is 0 Å². The molecular weight excluding hydrogens is 466 g/mol. The minimum absolute atomic E-state index is 0.00305. The van der Waals surface area contributed by atoms with E-state index in [-0.39, 0.29) is 18.1 Å². The Labute approximate surface area is 207 Å². The van der Waals surface area contributed by atoms with Gasteiger partial charge in [0.2, 0.25) is 0 Å². The third-order valence-electron chi connectivity index (χ3n) is 5.17. The average Bonchev–Trinajstić information content (AvgIpc) is 2.84. The molecule has 0 saturated carbocycles. The summed E-state index contributed by atoms with van der Waals surface area (Å²) in [5, 5.41) is 3.21. The second kappa shape index (κ2) is 10.5. The minimum atomic E-state index is -0.479. The smallest absolute Gasteiger partial charge is 0.274 e. The van der Waals surface area contributed by atoms with Crippen molar-refractivity contribution in [3.63, 3.8) is 0 Å². The lowest BCUT2D eigenvalue weighted by Gasteiger charge is -2.16. The predicted molar refractivity (Wildman–Crippen MR) is 133 cm³/mol. The van der Waals surface area contributed by atoms with Crippen LogP contribution in [0.1, 0.15) is 40.7 Å². The number of methoxy groups -OCH3 is 1. The highest BCUT2D eigenvalue weighted by molar-refractivity contribution is 6.29. The van der Waals surface area contributed by atoms with E-state index in [0.29, 0.717) is 39.3 Å². The van der Waals surface area contributed by atoms with Gasteiger partial charge in [0, 0.05) is 30.1 Å². The monoisotopic (exact) mass is 489 g/mol.